The van der Waals surface area contributed by atoms with Crippen molar-refractivity contribution in [2.24, 2.45) is 0 Å². The molecule has 0 bridgehead atoms. The number of aromatic nitrogens is 1. The van der Waals surface area contributed by atoms with Gasteiger partial charge in [-0.05, 0) is 36.6 Å². The van der Waals surface area contributed by atoms with Crippen LogP contribution in [0.25, 0.3) is 10.9 Å². The minimum atomic E-state index is -3.41. The first-order chi connectivity index (χ1) is 12.8. The molecule has 0 saturated carbocycles. The summed E-state index contributed by atoms with van der Waals surface area (Å²) in [5, 5.41) is 1.14. The molecule has 1 aromatic heterocycles. The van der Waals surface area contributed by atoms with Crippen molar-refractivity contribution in [1.82, 2.24) is 13.6 Å². The highest BCUT2D eigenvalue weighted by Crippen LogP contribution is 2.30. The maximum Gasteiger partial charge on any atom is 0.278 e. The van der Waals surface area contributed by atoms with Crippen LogP contribution < -0.4 is 4.72 Å². The molecule has 1 heterocycles. The number of benzene rings is 2. The lowest BCUT2D eigenvalue weighted by Crippen LogP contribution is -2.36. The van der Waals surface area contributed by atoms with E-state index in [2.05, 4.69) is 62.6 Å². The molecule has 0 spiro atoms. The molecule has 7 heteroatoms. The van der Waals surface area contributed by atoms with Gasteiger partial charge in [-0.15, -0.1) is 0 Å². The summed E-state index contributed by atoms with van der Waals surface area (Å²) in [6.07, 6.45) is 2.76. The van der Waals surface area contributed by atoms with Gasteiger partial charge in [0.2, 0.25) is 0 Å². The van der Waals surface area contributed by atoms with Crippen molar-refractivity contribution in [3.8, 4) is 0 Å². The lowest BCUT2D eigenvalue weighted by molar-refractivity contribution is 0.506. The summed E-state index contributed by atoms with van der Waals surface area (Å²) in [6.45, 7) is 2.53. The van der Waals surface area contributed by atoms with Gasteiger partial charge in [0.25, 0.3) is 10.2 Å². The third-order valence-electron chi connectivity index (χ3n) is 4.74. The van der Waals surface area contributed by atoms with E-state index >= 15 is 0 Å². The molecule has 0 aliphatic heterocycles. The van der Waals surface area contributed by atoms with Crippen LogP contribution in [0, 0.1) is 0 Å². The second kappa shape index (κ2) is 8.14. The van der Waals surface area contributed by atoms with Crippen molar-refractivity contribution >= 4 is 37.0 Å². The zero-order valence-electron chi connectivity index (χ0n) is 15.7. The van der Waals surface area contributed by atoms with E-state index in [0.29, 0.717) is 13.0 Å². The van der Waals surface area contributed by atoms with Crippen molar-refractivity contribution in [3.05, 3.63) is 70.3 Å². The topological polar surface area (TPSA) is 54.3 Å². The maximum atomic E-state index is 11.9. The summed E-state index contributed by atoms with van der Waals surface area (Å²) < 4.78 is 31.0. The molecule has 0 amide bonds. The molecule has 0 radical (unpaired) electrons. The zero-order valence-corrected chi connectivity index (χ0v) is 18.1. The second-order valence-electron chi connectivity index (χ2n) is 6.74. The molecular formula is C20H24BrN3O2S. The van der Waals surface area contributed by atoms with Gasteiger partial charge < -0.3 is 4.57 Å². The Balaban J connectivity index is 1.93. The molecular weight excluding hydrogens is 426 g/mol. The van der Waals surface area contributed by atoms with Gasteiger partial charge in [-0.25, -0.2) is 4.72 Å². The van der Waals surface area contributed by atoms with E-state index in [9.17, 15) is 8.42 Å². The van der Waals surface area contributed by atoms with Crippen molar-refractivity contribution in [2.45, 2.75) is 19.4 Å². The quantitative estimate of drug-likeness (QED) is 0.593. The fourth-order valence-electron chi connectivity index (χ4n) is 3.15. The number of rotatable bonds is 7. The SMILES string of the molecule is CC(c1ccccc1)n1cc(CCNS(=O)(=O)N(C)C)c2ccc(Br)cc21. The predicted molar refractivity (Wildman–Crippen MR) is 114 cm³/mol. The average Bonchev–Trinajstić information content (AvgIpc) is 2.99. The number of hydrogen-bond acceptors (Lipinski definition) is 2. The van der Waals surface area contributed by atoms with Gasteiger partial charge >= 0.3 is 0 Å². The third kappa shape index (κ3) is 4.43. The van der Waals surface area contributed by atoms with Gasteiger partial charge in [-0.2, -0.15) is 12.7 Å². The highest BCUT2D eigenvalue weighted by Gasteiger charge is 2.16. The smallest absolute Gasteiger partial charge is 0.278 e. The van der Waals surface area contributed by atoms with Crippen LogP contribution in [0.2, 0.25) is 0 Å². The molecule has 0 fully saturated rings. The molecule has 3 rings (SSSR count). The van der Waals surface area contributed by atoms with Gasteiger partial charge in [0.05, 0.1) is 6.04 Å². The number of fused-ring (bicyclic) bond motifs is 1. The molecule has 5 nitrogen and oxygen atoms in total. The lowest BCUT2D eigenvalue weighted by atomic mass is 10.1. The van der Waals surface area contributed by atoms with Gasteiger partial charge in [0, 0.05) is 42.2 Å². The van der Waals surface area contributed by atoms with Crippen LogP contribution in [-0.4, -0.2) is 37.9 Å². The Kier molecular flexibility index (Phi) is 6.05. The monoisotopic (exact) mass is 449 g/mol. The second-order valence-corrected chi connectivity index (χ2v) is 9.63. The van der Waals surface area contributed by atoms with Crippen LogP contribution in [-0.2, 0) is 16.6 Å². The fourth-order valence-corrected chi connectivity index (χ4v) is 4.12. The standard InChI is InChI=1S/C20H24BrN3O2S/c1-15(16-7-5-4-6-8-16)24-14-17(11-12-22-27(25,26)23(2)3)19-10-9-18(21)13-20(19)24/h4-10,13-15,22H,11-12H2,1-3H3. The number of nitrogens with one attached hydrogen (secondary N) is 1. The minimum Gasteiger partial charge on any atom is -0.340 e. The Morgan fingerprint density at radius 3 is 2.52 bits per heavy atom. The number of nitrogens with zero attached hydrogens (tertiary/aromatic N) is 2. The van der Waals surface area contributed by atoms with Crippen molar-refractivity contribution < 1.29 is 8.42 Å². The molecule has 1 unspecified atom stereocenters. The molecule has 1 N–H and O–H groups in total. The van der Waals surface area contributed by atoms with Crippen LogP contribution in [0.1, 0.15) is 24.1 Å². The van der Waals surface area contributed by atoms with E-state index in [4.69, 9.17) is 0 Å². The summed E-state index contributed by atoms with van der Waals surface area (Å²) in [4.78, 5) is 0. The van der Waals surface area contributed by atoms with Crippen LogP contribution in [0.3, 0.4) is 0 Å². The van der Waals surface area contributed by atoms with Gasteiger partial charge in [0.15, 0.2) is 0 Å². The summed E-state index contributed by atoms with van der Waals surface area (Å²) >= 11 is 3.57. The van der Waals surface area contributed by atoms with Crippen LogP contribution in [0.4, 0.5) is 0 Å². The lowest BCUT2D eigenvalue weighted by Gasteiger charge is -2.16. The Labute approximate surface area is 169 Å². The first-order valence-corrected chi connectivity index (χ1v) is 11.0. The van der Waals surface area contributed by atoms with Crippen LogP contribution in [0.15, 0.2) is 59.2 Å². The summed E-state index contributed by atoms with van der Waals surface area (Å²) in [7, 11) is -0.370. The highest BCUT2D eigenvalue weighted by atomic mass is 79.9. The Morgan fingerprint density at radius 2 is 1.85 bits per heavy atom. The maximum absolute atomic E-state index is 11.9. The van der Waals surface area contributed by atoms with E-state index in [-0.39, 0.29) is 6.04 Å². The van der Waals surface area contributed by atoms with Crippen molar-refractivity contribution in [3.63, 3.8) is 0 Å². The highest BCUT2D eigenvalue weighted by molar-refractivity contribution is 9.10. The zero-order chi connectivity index (χ0) is 19.6. The van der Waals surface area contributed by atoms with E-state index in [1.807, 2.05) is 24.3 Å². The molecule has 3 aromatic rings. The molecule has 27 heavy (non-hydrogen) atoms. The molecule has 1 atom stereocenters. The minimum absolute atomic E-state index is 0.176. The first kappa shape index (κ1) is 20.1. The molecule has 0 aliphatic carbocycles. The average molecular weight is 450 g/mol. The predicted octanol–water partition coefficient (Wildman–Crippen LogP) is 3.95. The first-order valence-electron chi connectivity index (χ1n) is 8.80. The fraction of sp³-hybridized carbons (Fsp3) is 0.300. The summed E-state index contributed by atoms with van der Waals surface area (Å²) in [5.41, 5.74) is 3.49. The number of hydrogen-bond donors (Lipinski definition) is 1. The molecule has 144 valence electrons. The van der Waals surface area contributed by atoms with Gasteiger partial charge in [-0.3, -0.25) is 0 Å². The van der Waals surface area contributed by atoms with E-state index < -0.39 is 10.2 Å². The van der Waals surface area contributed by atoms with Crippen molar-refractivity contribution in [1.29, 1.82) is 0 Å². The van der Waals surface area contributed by atoms with E-state index in [1.54, 1.807) is 0 Å². The van der Waals surface area contributed by atoms with E-state index in [1.165, 1.54) is 24.0 Å². The Morgan fingerprint density at radius 1 is 1.15 bits per heavy atom. The number of halogens is 1. The van der Waals surface area contributed by atoms with E-state index in [0.717, 1.165) is 20.9 Å². The van der Waals surface area contributed by atoms with Crippen LogP contribution in [0.5, 0.6) is 0 Å². The summed E-state index contributed by atoms with van der Waals surface area (Å²) in [5.74, 6) is 0. The Hall–Kier alpha value is -1.67. The van der Waals surface area contributed by atoms with Crippen LogP contribution >= 0.6 is 15.9 Å². The van der Waals surface area contributed by atoms with Crippen molar-refractivity contribution in [2.75, 3.05) is 20.6 Å². The van der Waals surface area contributed by atoms with Gasteiger partial charge in [0.1, 0.15) is 0 Å². The summed E-state index contributed by atoms with van der Waals surface area (Å²) in [6, 6.07) is 16.8. The Bertz CT molecular complexity index is 1030. The third-order valence-corrected chi connectivity index (χ3v) is 6.76. The molecule has 0 aliphatic rings. The molecule has 0 saturated heterocycles. The largest absolute Gasteiger partial charge is 0.340 e. The normalized spacial score (nSPS) is 13.4. The van der Waals surface area contributed by atoms with Gasteiger partial charge in [-0.1, -0.05) is 52.3 Å². The molecule has 2 aromatic carbocycles.